The van der Waals surface area contributed by atoms with Gasteiger partial charge in [0, 0.05) is 11.6 Å². The summed E-state index contributed by atoms with van der Waals surface area (Å²) in [5.74, 6) is 0.891. The number of hydrogen-bond acceptors (Lipinski definition) is 2. The third-order valence-electron chi connectivity index (χ3n) is 3.70. The molecule has 0 aliphatic carbocycles. The second-order valence-electron chi connectivity index (χ2n) is 5.56. The van der Waals surface area contributed by atoms with Crippen molar-refractivity contribution >= 4 is 17.5 Å². The largest absolute Gasteiger partial charge is 0.496 e. The first-order valence-corrected chi connectivity index (χ1v) is 8.11. The summed E-state index contributed by atoms with van der Waals surface area (Å²) in [5.41, 5.74) is 3.27. The fraction of sp³-hybridized carbons (Fsp3) is 0.316. The number of amides is 1. The van der Waals surface area contributed by atoms with Crippen LogP contribution in [-0.2, 0) is 17.6 Å². The van der Waals surface area contributed by atoms with E-state index < -0.39 is 0 Å². The van der Waals surface area contributed by atoms with Crippen LogP contribution in [0.2, 0.25) is 5.02 Å². The van der Waals surface area contributed by atoms with Crippen molar-refractivity contribution in [2.24, 2.45) is 0 Å². The van der Waals surface area contributed by atoms with Crippen LogP contribution < -0.4 is 10.1 Å². The maximum absolute atomic E-state index is 12.0. The predicted molar refractivity (Wildman–Crippen MR) is 94.2 cm³/mol. The van der Waals surface area contributed by atoms with Gasteiger partial charge in [0.25, 0.3) is 0 Å². The lowest BCUT2D eigenvalue weighted by Gasteiger charge is -2.08. The third-order valence-corrected chi connectivity index (χ3v) is 3.95. The molecular weight excluding hydrogens is 310 g/mol. The van der Waals surface area contributed by atoms with E-state index in [1.54, 1.807) is 7.11 Å². The minimum absolute atomic E-state index is 0.0469. The minimum atomic E-state index is 0.0469. The summed E-state index contributed by atoms with van der Waals surface area (Å²) in [6.45, 7) is 2.66. The highest BCUT2D eigenvalue weighted by Gasteiger charge is 2.05. The molecule has 0 aliphatic heterocycles. The maximum atomic E-state index is 12.0. The Kier molecular flexibility index (Phi) is 6.48. The molecule has 23 heavy (non-hydrogen) atoms. The first kappa shape index (κ1) is 17.4. The number of benzene rings is 2. The molecule has 0 radical (unpaired) electrons. The van der Waals surface area contributed by atoms with E-state index in [1.807, 2.05) is 49.4 Å². The quantitative estimate of drug-likeness (QED) is 0.780. The Labute approximate surface area is 142 Å². The molecule has 2 aromatic rings. The number of ether oxygens (including phenoxy) is 1. The maximum Gasteiger partial charge on any atom is 0.224 e. The van der Waals surface area contributed by atoms with Gasteiger partial charge in [-0.05, 0) is 54.7 Å². The van der Waals surface area contributed by atoms with Crippen LogP contribution in [0.5, 0.6) is 5.75 Å². The number of rotatable bonds is 7. The molecule has 0 aromatic heterocycles. The molecule has 1 amide bonds. The second kappa shape index (κ2) is 8.59. The Hall–Kier alpha value is -2.00. The summed E-state index contributed by atoms with van der Waals surface area (Å²) in [5, 5.41) is 3.71. The molecule has 2 aromatic carbocycles. The Morgan fingerprint density at radius 1 is 1.13 bits per heavy atom. The molecule has 0 bridgehead atoms. The van der Waals surface area contributed by atoms with Crippen LogP contribution in [0.25, 0.3) is 0 Å². The lowest BCUT2D eigenvalue weighted by Crippen LogP contribution is -2.26. The van der Waals surface area contributed by atoms with Crippen LogP contribution in [0, 0.1) is 6.92 Å². The smallest absolute Gasteiger partial charge is 0.224 e. The van der Waals surface area contributed by atoms with Crippen molar-refractivity contribution in [1.82, 2.24) is 5.32 Å². The number of carbonyl (C=O) groups excluding carboxylic acids is 1. The van der Waals surface area contributed by atoms with E-state index in [0.717, 1.165) is 34.7 Å². The van der Waals surface area contributed by atoms with Crippen molar-refractivity contribution in [1.29, 1.82) is 0 Å². The fourth-order valence-corrected chi connectivity index (χ4v) is 2.60. The van der Waals surface area contributed by atoms with Crippen LogP contribution in [0.4, 0.5) is 0 Å². The number of nitrogens with one attached hydrogen (secondary N) is 1. The van der Waals surface area contributed by atoms with E-state index in [2.05, 4.69) is 5.32 Å². The molecule has 0 heterocycles. The highest BCUT2D eigenvalue weighted by molar-refractivity contribution is 6.30. The van der Waals surface area contributed by atoms with E-state index in [9.17, 15) is 4.79 Å². The molecule has 0 saturated heterocycles. The second-order valence-corrected chi connectivity index (χ2v) is 6.00. The lowest BCUT2D eigenvalue weighted by atomic mass is 10.1. The van der Waals surface area contributed by atoms with Crippen molar-refractivity contribution in [2.45, 2.75) is 26.2 Å². The van der Waals surface area contributed by atoms with Crippen LogP contribution in [0.1, 0.15) is 23.1 Å². The van der Waals surface area contributed by atoms with Crippen LogP contribution in [0.15, 0.2) is 42.5 Å². The summed E-state index contributed by atoms with van der Waals surface area (Å²) in [7, 11) is 1.65. The summed E-state index contributed by atoms with van der Waals surface area (Å²) in [6.07, 6.45) is 2.24. The monoisotopic (exact) mass is 331 g/mol. The van der Waals surface area contributed by atoms with Crippen molar-refractivity contribution in [3.8, 4) is 5.75 Å². The van der Waals surface area contributed by atoms with Gasteiger partial charge in [-0.3, -0.25) is 4.79 Å². The third kappa shape index (κ3) is 5.61. The van der Waals surface area contributed by atoms with Gasteiger partial charge < -0.3 is 10.1 Å². The van der Waals surface area contributed by atoms with Gasteiger partial charge in [0.05, 0.1) is 13.5 Å². The number of aryl methyl sites for hydroxylation is 2. The zero-order valence-electron chi connectivity index (χ0n) is 13.6. The van der Waals surface area contributed by atoms with Gasteiger partial charge in [-0.15, -0.1) is 0 Å². The Bertz CT molecular complexity index is 653. The molecular formula is C19H22ClNO2. The topological polar surface area (TPSA) is 38.3 Å². The molecule has 4 heteroatoms. The molecule has 1 N–H and O–H groups in total. The summed E-state index contributed by atoms with van der Waals surface area (Å²) in [4.78, 5) is 12.0. The van der Waals surface area contributed by atoms with Gasteiger partial charge in [0.1, 0.15) is 5.75 Å². The number of carbonyl (C=O) groups is 1. The van der Waals surface area contributed by atoms with Gasteiger partial charge in [-0.2, -0.15) is 0 Å². The average Bonchev–Trinajstić information content (AvgIpc) is 2.53. The van der Waals surface area contributed by atoms with Crippen molar-refractivity contribution in [3.05, 3.63) is 64.2 Å². The van der Waals surface area contributed by atoms with E-state index in [-0.39, 0.29) is 5.91 Å². The van der Waals surface area contributed by atoms with E-state index in [0.29, 0.717) is 13.0 Å². The minimum Gasteiger partial charge on any atom is -0.496 e. The zero-order chi connectivity index (χ0) is 16.7. The molecule has 2 rings (SSSR count). The molecule has 0 saturated carbocycles. The Morgan fingerprint density at radius 3 is 2.48 bits per heavy atom. The molecule has 0 spiro atoms. The number of hydrogen-bond donors (Lipinski definition) is 1. The number of methoxy groups -OCH3 is 1. The lowest BCUT2D eigenvalue weighted by molar-refractivity contribution is -0.120. The molecule has 0 aliphatic rings. The Morgan fingerprint density at radius 2 is 1.83 bits per heavy atom. The first-order valence-electron chi connectivity index (χ1n) is 7.73. The molecule has 0 fully saturated rings. The van der Waals surface area contributed by atoms with Gasteiger partial charge in [-0.1, -0.05) is 35.9 Å². The van der Waals surface area contributed by atoms with Gasteiger partial charge in [0.15, 0.2) is 0 Å². The molecule has 0 unspecified atom stereocenters. The van der Waals surface area contributed by atoms with Crippen molar-refractivity contribution in [2.75, 3.05) is 13.7 Å². The number of halogens is 1. The van der Waals surface area contributed by atoms with Crippen LogP contribution in [0.3, 0.4) is 0 Å². The molecule has 122 valence electrons. The standard InChI is InChI=1S/C19H22ClNO2/c1-14-12-16(7-10-18(14)23-2)13-19(22)21-11-3-4-15-5-8-17(20)9-6-15/h5-10,12H,3-4,11,13H2,1-2H3,(H,21,22). The van der Waals surface area contributed by atoms with Crippen LogP contribution >= 0.6 is 11.6 Å². The van der Waals surface area contributed by atoms with Crippen molar-refractivity contribution < 1.29 is 9.53 Å². The van der Waals surface area contributed by atoms with Gasteiger partial charge in [0.2, 0.25) is 5.91 Å². The van der Waals surface area contributed by atoms with Gasteiger partial charge >= 0.3 is 0 Å². The molecule has 3 nitrogen and oxygen atoms in total. The summed E-state index contributed by atoms with van der Waals surface area (Å²) < 4.78 is 5.22. The van der Waals surface area contributed by atoms with Crippen LogP contribution in [-0.4, -0.2) is 19.6 Å². The Balaban J connectivity index is 1.72. The van der Waals surface area contributed by atoms with Crippen molar-refractivity contribution in [3.63, 3.8) is 0 Å². The average molecular weight is 332 g/mol. The SMILES string of the molecule is COc1ccc(CC(=O)NCCCc2ccc(Cl)cc2)cc1C. The fourth-order valence-electron chi connectivity index (χ4n) is 2.47. The van der Waals surface area contributed by atoms with Gasteiger partial charge in [-0.25, -0.2) is 0 Å². The highest BCUT2D eigenvalue weighted by Crippen LogP contribution is 2.18. The predicted octanol–water partition coefficient (Wildman–Crippen LogP) is 3.95. The zero-order valence-corrected chi connectivity index (χ0v) is 14.3. The van der Waals surface area contributed by atoms with E-state index in [1.165, 1.54) is 5.56 Å². The normalized spacial score (nSPS) is 10.4. The summed E-state index contributed by atoms with van der Waals surface area (Å²) >= 11 is 5.86. The van der Waals surface area contributed by atoms with E-state index in [4.69, 9.17) is 16.3 Å². The summed E-state index contributed by atoms with van der Waals surface area (Å²) in [6, 6.07) is 13.6. The highest BCUT2D eigenvalue weighted by atomic mass is 35.5. The first-order chi connectivity index (χ1) is 11.1. The molecule has 0 atom stereocenters. The van der Waals surface area contributed by atoms with E-state index >= 15 is 0 Å².